The highest BCUT2D eigenvalue weighted by Gasteiger charge is 2.30. The van der Waals surface area contributed by atoms with E-state index in [2.05, 4.69) is 20.4 Å². The fourth-order valence-electron chi connectivity index (χ4n) is 2.79. The molecule has 0 aliphatic carbocycles. The Morgan fingerprint density at radius 3 is 2.91 bits per heavy atom. The molecule has 2 aromatic rings. The normalized spacial score (nSPS) is 18.9. The molecule has 2 amide bonds. The molecule has 7 nitrogen and oxygen atoms in total. The first kappa shape index (κ1) is 15.6. The van der Waals surface area contributed by atoms with Crippen LogP contribution >= 0.6 is 0 Å². The minimum absolute atomic E-state index is 0.0206. The molecule has 2 N–H and O–H groups in total. The maximum absolute atomic E-state index is 12.6. The maximum atomic E-state index is 12.6. The van der Waals surface area contributed by atoms with Crippen LogP contribution in [0.5, 0.6) is 0 Å². The number of urea groups is 1. The number of piperidine rings is 1. The van der Waals surface area contributed by atoms with E-state index in [1.807, 2.05) is 25.7 Å². The van der Waals surface area contributed by atoms with Crippen molar-refractivity contribution in [1.82, 2.24) is 20.0 Å². The van der Waals surface area contributed by atoms with Crippen molar-refractivity contribution >= 4 is 11.8 Å². The fourth-order valence-corrected chi connectivity index (χ4v) is 2.79. The average Bonchev–Trinajstić information content (AvgIpc) is 3.18. The van der Waals surface area contributed by atoms with Gasteiger partial charge in [0.2, 0.25) is 0 Å². The Hall–Kier alpha value is -2.31. The van der Waals surface area contributed by atoms with Crippen LogP contribution in [-0.2, 0) is 5.41 Å². The summed E-state index contributed by atoms with van der Waals surface area (Å²) in [6.45, 7) is 6.82. The van der Waals surface area contributed by atoms with Gasteiger partial charge >= 0.3 is 6.03 Å². The van der Waals surface area contributed by atoms with Crippen LogP contribution in [0.4, 0.5) is 10.6 Å². The number of hydrogen-bond donors (Lipinski definition) is 2. The molecular weight excluding hydrogens is 294 g/mol. The molecular formula is C16H23N5O2. The third-order valence-corrected chi connectivity index (χ3v) is 4.08. The third-order valence-electron chi connectivity index (χ3n) is 4.08. The number of anilines is 1. The van der Waals surface area contributed by atoms with E-state index in [0.29, 0.717) is 12.4 Å². The lowest BCUT2D eigenvalue weighted by Crippen LogP contribution is -2.41. The van der Waals surface area contributed by atoms with Crippen molar-refractivity contribution < 1.29 is 9.32 Å². The number of likely N-dealkylation sites (tertiary alicyclic amines) is 1. The summed E-state index contributed by atoms with van der Waals surface area (Å²) in [5.74, 6) is 2.02. The van der Waals surface area contributed by atoms with E-state index in [-0.39, 0.29) is 17.5 Å². The average molecular weight is 317 g/mol. The molecule has 1 saturated heterocycles. The molecule has 1 fully saturated rings. The van der Waals surface area contributed by atoms with Crippen LogP contribution < -0.4 is 5.32 Å². The number of carbonyl (C=O) groups excluding carboxylic acids is 1. The van der Waals surface area contributed by atoms with Crippen molar-refractivity contribution in [3.63, 3.8) is 0 Å². The first-order chi connectivity index (χ1) is 10.9. The summed E-state index contributed by atoms with van der Waals surface area (Å²) in [7, 11) is 0. The Balaban J connectivity index is 1.72. The Labute approximate surface area is 135 Å². The van der Waals surface area contributed by atoms with Gasteiger partial charge < -0.3 is 14.4 Å². The predicted molar refractivity (Wildman–Crippen MR) is 86.1 cm³/mol. The van der Waals surface area contributed by atoms with Gasteiger partial charge in [-0.1, -0.05) is 25.9 Å². The van der Waals surface area contributed by atoms with Crippen molar-refractivity contribution in [2.24, 2.45) is 0 Å². The highest BCUT2D eigenvalue weighted by atomic mass is 16.5. The largest absolute Gasteiger partial charge is 0.359 e. The van der Waals surface area contributed by atoms with E-state index in [4.69, 9.17) is 4.52 Å². The molecule has 124 valence electrons. The summed E-state index contributed by atoms with van der Waals surface area (Å²) >= 11 is 0. The first-order valence-corrected chi connectivity index (χ1v) is 7.99. The van der Waals surface area contributed by atoms with Gasteiger partial charge in [-0.15, -0.1) is 0 Å². The van der Waals surface area contributed by atoms with Gasteiger partial charge in [-0.2, -0.15) is 0 Å². The van der Waals surface area contributed by atoms with E-state index in [9.17, 15) is 4.79 Å². The monoisotopic (exact) mass is 317 g/mol. The van der Waals surface area contributed by atoms with Crippen LogP contribution in [-0.4, -0.2) is 32.6 Å². The third kappa shape index (κ3) is 3.38. The smallest absolute Gasteiger partial charge is 0.323 e. The van der Waals surface area contributed by atoms with Gasteiger partial charge in [-0.05, 0) is 19.3 Å². The molecule has 1 atom stereocenters. The molecule has 0 bridgehead atoms. The van der Waals surface area contributed by atoms with Gasteiger partial charge in [0, 0.05) is 30.4 Å². The number of amides is 2. The summed E-state index contributed by atoms with van der Waals surface area (Å²) < 4.78 is 5.31. The number of nitrogens with zero attached hydrogens (tertiary/aromatic N) is 3. The zero-order valence-corrected chi connectivity index (χ0v) is 13.8. The van der Waals surface area contributed by atoms with Crippen LogP contribution in [0.2, 0.25) is 0 Å². The molecule has 23 heavy (non-hydrogen) atoms. The van der Waals surface area contributed by atoms with Gasteiger partial charge in [0.1, 0.15) is 11.6 Å². The minimum Gasteiger partial charge on any atom is -0.359 e. The molecule has 0 spiro atoms. The predicted octanol–water partition coefficient (Wildman–Crippen LogP) is 3.45. The van der Waals surface area contributed by atoms with E-state index >= 15 is 0 Å². The molecule has 7 heteroatoms. The summed E-state index contributed by atoms with van der Waals surface area (Å²) in [4.78, 5) is 21.9. The topological polar surface area (TPSA) is 87.0 Å². The Kier molecular flexibility index (Phi) is 4.11. The fraction of sp³-hybridized carbons (Fsp3) is 0.562. The van der Waals surface area contributed by atoms with Crippen LogP contribution in [0, 0.1) is 0 Å². The highest BCUT2D eigenvalue weighted by Crippen LogP contribution is 2.30. The van der Waals surface area contributed by atoms with Crippen molar-refractivity contribution in [3.8, 4) is 0 Å². The molecule has 0 radical (unpaired) electrons. The number of hydrogen-bond acceptors (Lipinski definition) is 4. The van der Waals surface area contributed by atoms with Gasteiger partial charge in [0.05, 0.1) is 6.04 Å². The number of aromatic nitrogens is 3. The van der Waals surface area contributed by atoms with E-state index < -0.39 is 0 Å². The molecule has 0 aromatic carbocycles. The van der Waals surface area contributed by atoms with Crippen molar-refractivity contribution in [1.29, 1.82) is 0 Å². The number of imidazole rings is 1. The quantitative estimate of drug-likeness (QED) is 0.888. The second-order valence-electron chi connectivity index (χ2n) is 6.94. The second-order valence-corrected chi connectivity index (χ2v) is 6.94. The lowest BCUT2D eigenvalue weighted by atomic mass is 9.93. The van der Waals surface area contributed by atoms with E-state index in [0.717, 1.165) is 30.8 Å². The molecule has 1 aliphatic heterocycles. The molecule has 3 rings (SSSR count). The van der Waals surface area contributed by atoms with E-state index in [1.165, 1.54) is 0 Å². The molecule has 0 saturated carbocycles. The van der Waals surface area contributed by atoms with Crippen molar-refractivity contribution in [2.75, 3.05) is 11.9 Å². The zero-order chi connectivity index (χ0) is 16.4. The minimum atomic E-state index is -0.167. The summed E-state index contributed by atoms with van der Waals surface area (Å²) in [6.07, 6.45) is 6.50. The van der Waals surface area contributed by atoms with E-state index in [1.54, 1.807) is 18.5 Å². The number of carbonyl (C=O) groups is 1. The number of nitrogens with one attached hydrogen (secondary N) is 2. The highest BCUT2D eigenvalue weighted by molar-refractivity contribution is 5.88. The lowest BCUT2D eigenvalue weighted by molar-refractivity contribution is 0.159. The van der Waals surface area contributed by atoms with Crippen LogP contribution in [0.1, 0.15) is 57.7 Å². The summed E-state index contributed by atoms with van der Waals surface area (Å²) in [6, 6.07) is 1.59. The van der Waals surface area contributed by atoms with Crippen LogP contribution in [0.3, 0.4) is 0 Å². The Bertz CT molecular complexity index is 656. The number of H-pyrrole nitrogens is 1. The zero-order valence-electron chi connectivity index (χ0n) is 13.8. The molecule has 1 aliphatic rings. The summed E-state index contributed by atoms with van der Waals surface area (Å²) in [5, 5.41) is 6.78. The maximum Gasteiger partial charge on any atom is 0.323 e. The van der Waals surface area contributed by atoms with Gasteiger partial charge in [-0.3, -0.25) is 5.32 Å². The van der Waals surface area contributed by atoms with Crippen LogP contribution in [0.15, 0.2) is 23.0 Å². The molecule has 3 heterocycles. The second kappa shape index (κ2) is 6.06. The van der Waals surface area contributed by atoms with Crippen LogP contribution in [0.25, 0.3) is 0 Å². The number of aromatic amines is 1. The molecule has 2 aromatic heterocycles. The Morgan fingerprint density at radius 1 is 1.43 bits per heavy atom. The van der Waals surface area contributed by atoms with Crippen molar-refractivity contribution in [3.05, 3.63) is 30.0 Å². The Morgan fingerprint density at radius 2 is 2.26 bits per heavy atom. The summed E-state index contributed by atoms with van der Waals surface area (Å²) in [5.41, 5.74) is -0.141. The SMILES string of the molecule is CC(C)(C)c1cc(NC(=O)N2CCCCC2c2ncc[nH]2)no1. The standard InChI is InChI=1S/C16H23N5O2/c1-16(2,3)12-10-13(20-23-12)19-15(22)21-9-5-4-6-11(21)14-17-7-8-18-14/h7-8,10-11H,4-6,9H2,1-3H3,(H,17,18)(H,19,20,22). The number of rotatable bonds is 2. The molecule has 1 unspecified atom stereocenters. The van der Waals surface area contributed by atoms with Gasteiger partial charge in [0.25, 0.3) is 0 Å². The van der Waals surface area contributed by atoms with Crippen molar-refractivity contribution in [2.45, 2.75) is 51.5 Å². The van der Waals surface area contributed by atoms with Gasteiger partial charge in [-0.25, -0.2) is 9.78 Å². The first-order valence-electron chi connectivity index (χ1n) is 7.99. The van der Waals surface area contributed by atoms with Gasteiger partial charge in [0.15, 0.2) is 5.82 Å². The lowest BCUT2D eigenvalue weighted by Gasteiger charge is -2.34.